The molecule has 6 heteroatoms. The lowest BCUT2D eigenvalue weighted by molar-refractivity contribution is -0.704. The first-order valence-electron chi connectivity index (χ1n) is 16.4. The van der Waals surface area contributed by atoms with E-state index >= 15 is 0 Å². The number of benzene rings is 2. The first kappa shape index (κ1) is 33.8. The lowest BCUT2D eigenvalue weighted by Gasteiger charge is -2.21. The number of ether oxygens (including phenoxy) is 2. The molecular formula is C37H51N2O4+. The van der Waals surface area contributed by atoms with Crippen LogP contribution in [0.3, 0.4) is 0 Å². The van der Waals surface area contributed by atoms with E-state index < -0.39 is 0 Å². The van der Waals surface area contributed by atoms with Gasteiger partial charge in [-0.15, -0.1) is 0 Å². The minimum absolute atomic E-state index is 0.164. The highest BCUT2D eigenvalue weighted by Gasteiger charge is 2.28. The number of imide groups is 1. The third-order valence-corrected chi connectivity index (χ3v) is 7.53. The van der Waals surface area contributed by atoms with Crippen molar-refractivity contribution in [2.24, 2.45) is 0 Å². The minimum atomic E-state index is -0.361. The number of amides is 2. The molecule has 0 bridgehead atoms. The van der Waals surface area contributed by atoms with E-state index in [2.05, 4.69) is 25.3 Å². The van der Waals surface area contributed by atoms with Gasteiger partial charge >= 0.3 is 0 Å². The summed E-state index contributed by atoms with van der Waals surface area (Å²) in [5.41, 5.74) is 1.77. The molecule has 0 aliphatic heterocycles. The molecule has 0 aliphatic carbocycles. The van der Waals surface area contributed by atoms with E-state index in [9.17, 15) is 9.59 Å². The first-order valence-corrected chi connectivity index (χ1v) is 16.4. The lowest BCUT2D eigenvalue weighted by atomic mass is 10.1. The van der Waals surface area contributed by atoms with Crippen LogP contribution in [-0.4, -0.2) is 29.9 Å². The molecule has 232 valence electrons. The Morgan fingerprint density at radius 2 is 1.23 bits per heavy atom. The Kier molecular flexibility index (Phi) is 15.3. The molecule has 0 fully saturated rings. The fraction of sp³-hybridized carbons (Fsp3) is 0.486. The van der Waals surface area contributed by atoms with E-state index in [0.29, 0.717) is 35.8 Å². The maximum Gasteiger partial charge on any atom is 0.261 e. The molecule has 0 radical (unpaired) electrons. The zero-order chi connectivity index (χ0) is 30.7. The van der Waals surface area contributed by atoms with Crippen LogP contribution in [0, 0.1) is 0 Å². The average molecular weight is 588 g/mol. The SMILES string of the molecule is CCCCCCCOc1ccc(C(=O)N(Cc2cccc[n+]2CCC)C(=O)c2ccccc2)cc1OCCCCCCC. The van der Waals surface area contributed by atoms with E-state index in [-0.39, 0.29) is 18.4 Å². The number of hydrogen-bond donors (Lipinski definition) is 0. The van der Waals surface area contributed by atoms with Crippen molar-refractivity contribution in [1.82, 2.24) is 4.90 Å². The molecule has 3 rings (SSSR count). The maximum absolute atomic E-state index is 14.1. The largest absolute Gasteiger partial charge is 0.490 e. The second-order valence-corrected chi connectivity index (χ2v) is 11.1. The van der Waals surface area contributed by atoms with Gasteiger partial charge in [-0.25, -0.2) is 4.57 Å². The van der Waals surface area contributed by atoms with E-state index in [0.717, 1.165) is 44.3 Å². The van der Waals surface area contributed by atoms with Crippen molar-refractivity contribution in [2.75, 3.05) is 13.2 Å². The smallest absolute Gasteiger partial charge is 0.261 e. The van der Waals surface area contributed by atoms with Gasteiger partial charge in [0, 0.05) is 29.7 Å². The summed E-state index contributed by atoms with van der Waals surface area (Å²) in [5.74, 6) is 0.510. The molecule has 1 heterocycles. The van der Waals surface area contributed by atoms with Crippen LogP contribution in [0.15, 0.2) is 72.9 Å². The molecule has 2 aromatic carbocycles. The fourth-order valence-electron chi connectivity index (χ4n) is 5.05. The summed E-state index contributed by atoms with van der Waals surface area (Å²) in [6, 6.07) is 20.2. The van der Waals surface area contributed by atoms with Crippen LogP contribution in [-0.2, 0) is 13.1 Å². The van der Waals surface area contributed by atoms with Crippen molar-refractivity contribution in [3.63, 3.8) is 0 Å². The molecule has 0 saturated heterocycles. The van der Waals surface area contributed by atoms with Crippen LogP contribution in [0.1, 0.15) is 118 Å². The predicted molar refractivity (Wildman–Crippen MR) is 173 cm³/mol. The van der Waals surface area contributed by atoms with Crippen molar-refractivity contribution >= 4 is 11.8 Å². The standard InChI is InChI=1S/C37H51N2O4/c1-4-7-9-11-18-27-42-34-24-23-32(29-35(34)43-28-19-12-10-8-5-2)37(41)39(36(40)31-20-14-13-15-21-31)30-33-22-16-17-26-38(33)25-6-3/h13-17,20-24,26,29H,4-12,18-19,25,27-28,30H2,1-3H3/q+1. The minimum Gasteiger partial charge on any atom is -0.490 e. The summed E-state index contributed by atoms with van der Waals surface area (Å²) in [6.07, 6.45) is 14.4. The van der Waals surface area contributed by atoms with Crippen LogP contribution in [0.5, 0.6) is 11.5 Å². The summed E-state index contributed by atoms with van der Waals surface area (Å²) in [4.78, 5) is 29.2. The molecule has 3 aromatic rings. The van der Waals surface area contributed by atoms with Crippen LogP contribution in [0.25, 0.3) is 0 Å². The van der Waals surface area contributed by atoms with Gasteiger partial charge in [-0.3, -0.25) is 14.5 Å². The highest BCUT2D eigenvalue weighted by molar-refractivity contribution is 6.10. The van der Waals surface area contributed by atoms with Crippen LogP contribution in [0.2, 0.25) is 0 Å². The summed E-state index contributed by atoms with van der Waals surface area (Å²) < 4.78 is 14.5. The van der Waals surface area contributed by atoms with Crippen molar-refractivity contribution in [2.45, 2.75) is 104 Å². The van der Waals surface area contributed by atoms with E-state index in [1.165, 1.54) is 43.4 Å². The van der Waals surface area contributed by atoms with Gasteiger partial charge in [0.2, 0.25) is 5.69 Å². The normalized spacial score (nSPS) is 10.9. The predicted octanol–water partition coefficient (Wildman–Crippen LogP) is 8.57. The average Bonchev–Trinajstić information content (AvgIpc) is 3.04. The number of carbonyl (C=O) groups is 2. The van der Waals surface area contributed by atoms with Gasteiger partial charge in [-0.05, 0) is 43.2 Å². The molecule has 43 heavy (non-hydrogen) atoms. The van der Waals surface area contributed by atoms with Crippen LogP contribution >= 0.6 is 0 Å². The summed E-state index contributed by atoms with van der Waals surface area (Å²) in [7, 11) is 0. The van der Waals surface area contributed by atoms with Crippen molar-refractivity contribution in [3.05, 3.63) is 89.7 Å². The number of unbranched alkanes of at least 4 members (excludes halogenated alkanes) is 8. The number of aryl methyl sites for hydroxylation is 1. The van der Waals surface area contributed by atoms with E-state index in [1.54, 1.807) is 24.3 Å². The zero-order valence-electron chi connectivity index (χ0n) is 26.6. The molecule has 0 N–H and O–H groups in total. The molecule has 6 nitrogen and oxygen atoms in total. The fourth-order valence-corrected chi connectivity index (χ4v) is 5.05. The Hall–Kier alpha value is -3.67. The summed E-state index contributed by atoms with van der Waals surface area (Å²) in [5, 5.41) is 0. The first-order chi connectivity index (χ1) is 21.1. The van der Waals surface area contributed by atoms with E-state index in [1.807, 2.05) is 48.7 Å². The molecule has 0 spiro atoms. The van der Waals surface area contributed by atoms with Gasteiger partial charge in [-0.1, -0.05) is 96.4 Å². The molecule has 0 aliphatic rings. The number of aromatic nitrogens is 1. The van der Waals surface area contributed by atoms with Crippen LogP contribution < -0.4 is 14.0 Å². The molecule has 2 amide bonds. The van der Waals surface area contributed by atoms with E-state index in [4.69, 9.17) is 9.47 Å². The number of carbonyl (C=O) groups excluding carboxylic acids is 2. The number of rotatable bonds is 20. The molecule has 0 unspecified atom stereocenters. The zero-order valence-corrected chi connectivity index (χ0v) is 26.6. The third-order valence-electron chi connectivity index (χ3n) is 7.53. The van der Waals surface area contributed by atoms with Crippen molar-refractivity contribution in [1.29, 1.82) is 0 Å². The Morgan fingerprint density at radius 3 is 1.88 bits per heavy atom. The van der Waals surface area contributed by atoms with Gasteiger partial charge in [0.15, 0.2) is 17.7 Å². The molecule has 0 saturated carbocycles. The van der Waals surface area contributed by atoms with Gasteiger partial charge in [0.05, 0.1) is 13.2 Å². The Balaban J connectivity index is 1.86. The maximum atomic E-state index is 14.1. The second-order valence-electron chi connectivity index (χ2n) is 11.1. The number of nitrogens with zero attached hydrogens (tertiary/aromatic N) is 2. The molecular weight excluding hydrogens is 536 g/mol. The Labute approximate surface area is 259 Å². The topological polar surface area (TPSA) is 59.7 Å². The van der Waals surface area contributed by atoms with Crippen LogP contribution in [0.4, 0.5) is 0 Å². The summed E-state index contributed by atoms with van der Waals surface area (Å²) in [6.45, 7) is 8.66. The Bertz CT molecular complexity index is 1240. The molecule has 1 aromatic heterocycles. The van der Waals surface area contributed by atoms with Gasteiger partial charge in [0.1, 0.15) is 13.1 Å². The Morgan fingerprint density at radius 1 is 0.628 bits per heavy atom. The quantitative estimate of drug-likeness (QED) is 0.0755. The monoisotopic (exact) mass is 587 g/mol. The number of pyridine rings is 1. The highest BCUT2D eigenvalue weighted by atomic mass is 16.5. The second kappa shape index (κ2) is 19.5. The van der Waals surface area contributed by atoms with Gasteiger partial charge in [0.25, 0.3) is 11.8 Å². The van der Waals surface area contributed by atoms with Crippen molar-refractivity contribution < 1.29 is 23.6 Å². The van der Waals surface area contributed by atoms with Gasteiger partial charge in [-0.2, -0.15) is 0 Å². The number of hydrogen-bond acceptors (Lipinski definition) is 4. The summed E-state index contributed by atoms with van der Waals surface area (Å²) >= 11 is 0. The van der Waals surface area contributed by atoms with Gasteiger partial charge < -0.3 is 9.47 Å². The highest BCUT2D eigenvalue weighted by Crippen LogP contribution is 2.30. The third kappa shape index (κ3) is 11.2. The van der Waals surface area contributed by atoms with Crippen molar-refractivity contribution in [3.8, 4) is 11.5 Å². The molecule has 0 atom stereocenters. The lowest BCUT2D eigenvalue weighted by Crippen LogP contribution is -2.44.